The standard InChI is InChI=1S/C17H25N3O/c1-19(2)17(21)16-12-18-10-11-20(16)15-9-5-7-13-6-3-4-8-14(13)15/h3-4,6,8,15-16,18H,5,7,9-12H2,1-2H3. The maximum absolute atomic E-state index is 12.5. The SMILES string of the molecule is CN(C)C(=O)C1CNCCN1C1CCCc2ccccc21. The zero-order valence-corrected chi connectivity index (χ0v) is 13.0. The normalized spacial score (nSPS) is 26.2. The second kappa shape index (κ2) is 6.16. The van der Waals surface area contributed by atoms with Crippen molar-refractivity contribution in [2.45, 2.75) is 31.3 Å². The molecule has 1 aromatic carbocycles. The average molecular weight is 287 g/mol. The van der Waals surface area contributed by atoms with Crippen molar-refractivity contribution in [3.8, 4) is 0 Å². The fourth-order valence-corrected chi connectivity index (χ4v) is 3.69. The monoisotopic (exact) mass is 287 g/mol. The van der Waals surface area contributed by atoms with Crippen LogP contribution in [0.5, 0.6) is 0 Å². The number of nitrogens with one attached hydrogen (secondary N) is 1. The molecule has 1 fully saturated rings. The van der Waals surface area contributed by atoms with E-state index in [-0.39, 0.29) is 11.9 Å². The molecule has 1 N–H and O–H groups in total. The van der Waals surface area contributed by atoms with Crippen molar-refractivity contribution in [2.24, 2.45) is 0 Å². The van der Waals surface area contributed by atoms with Gasteiger partial charge in [0.1, 0.15) is 6.04 Å². The fraction of sp³-hybridized carbons (Fsp3) is 0.588. The summed E-state index contributed by atoms with van der Waals surface area (Å²) in [6.45, 7) is 2.68. The second-order valence-corrected chi connectivity index (χ2v) is 6.30. The molecule has 4 heteroatoms. The highest BCUT2D eigenvalue weighted by molar-refractivity contribution is 5.81. The number of rotatable bonds is 2. The van der Waals surface area contributed by atoms with Gasteiger partial charge in [0.2, 0.25) is 5.91 Å². The lowest BCUT2D eigenvalue weighted by molar-refractivity contribution is -0.136. The Labute approximate surface area is 127 Å². The van der Waals surface area contributed by atoms with Crippen LogP contribution >= 0.6 is 0 Å². The number of carbonyl (C=O) groups is 1. The second-order valence-electron chi connectivity index (χ2n) is 6.30. The molecule has 1 amide bonds. The molecule has 0 spiro atoms. The topological polar surface area (TPSA) is 35.6 Å². The van der Waals surface area contributed by atoms with E-state index in [9.17, 15) is 4.79 Å². The smallest absolute Gasteiger partial charge is 0.240 e. The molecule has 3 rings (SSSR count). The number of aryl methyl sites for hydroxylation is 1. The molecule has 0 radical (unpaired) electrons. The molecule has 1 aliphatic carbocycles. The molecule has 2 unspecified atom stereocenters. The van der Waals surface area contributed by atoms with E-state index >= 15 is 0 Å². The largest absolute Gasteiger partial charge is 0.347 e. The first kappa shape index (κ1) is 14.5. The van der Waals surface area contributed by atoms with Gasteiger partial charge in [-0.15, -0.1) is 0 Å². The van der Waals surface area contributed by atoms with Crippen molar-refractivity contribution >= 4 is 5.91 Å². The number of nitrogens with zero attached hydrogens (tertiary/aromatic N) is 2. The van der Waals surface area contributed by atoms with Gasteiger partial charge in [0.15, 0.2) is 0 Å². The minimum atomic E-state index is -0.0371. The Morgan fingerprint density at radius 1 is 1.33 bits per heavy atom. The zero-order chi connectivity index (χ0) is 14.8. The van der Waals surface area contributed by atoms with Crippen LogP contribution in [0.4, 0.5) is 0 Å². The zero-order valence-electron chi connectivity index (χ0n) is 13.0. The number of piperazine rings is 1. The molecule has 114 valence electrons. The molecule has 21 heavy (non-hydrogen) atoms. The van der Waals surface area contributed by atoms with Crippen molar-refractivity contribution in [1.82, 2.24) is 15.1 Å². The molecule has 2 aliphatic rings. The summed E-state index contributed by atoms with van der Waals surface area (Å²) in [6, 6.07) is 9.10. The van der Waals surface area contributed by atoms with Gasteiger partial charge in [0.05, 0.1) is 0 Å². The van der Waals surface area contributed by atoms with Gasteiger partial charge in [-0.25, -0.2) is 0 Å². The average Bonchev–Trinajstić information content (AvgIpc) is 2.53. The van der Waals surface area contributed by atoms with Crippen LogP contribution in [0, 0.1) is 0 Å². The summed E-state index contributed by atoms with van der Waals surface area (Å²) in [6.07, 6.45) is 3.55. The lowest BCUT2D eigenvalue weighted by Crippen LogP contribution is -2.58. The van der Waals surface area contributed by atoms with Crippen molar-refractivity contribution in [3.05, 3.63) is 35.4 Å². The van der Waals surface area contributed by atoms with Crippen LogP contribution in [0.15, 0.2) is 24.3 Å². The van der Waals surface area contributed by atoms with Gasteiger partial charge < -0.3 is 10.2 Å². The van der Waals surface area contributed by atoms with Crippen molar-refractivity contribution in [2.75, 3.05) is 33.7 Å². The number of benzene rings is 1. The molecular formula is C17H25N3O. The molecule has 0 bridgehead atoms. The number of fused-ring (bicyclic) bond motifs is 1. The van der Waals surface area contributed by atoms with E-state index in [0.717, 1.165) is 26.1 Å². The van der Waals surface area contributed by atoms with Crippen LogP contribution < -0.4 is 5.32 Å². The molecule has 1 aliphatic heterocycles. The predicted octanol–water partition coefficient (Wildman–Crippen LogP) is 1.43. The first-order chi connectivity index (χ1) is 10.2. The first-order valence-corrected chi connectivity index (χ1v) is 7.94. The number of carbonyl (C=O) groups excluding carboxylic acids is 1. The summed E-state index contributed by atoms with van der Waals surface area (Å²) in [4.78, 5) is 16.7. The summed E-state index contributed by atoms with van der Waals surface area (Å²) in [5.74, 6) is 0.213. The number of hydrogen-bond donors (Lipinski definition) is 1. The quantitative estimate of drug-likeness (QED) is 0.894. The Hall–Kier alpha value is -1.39. The summed E-state index contributed by atoms with van der Waals surface area (Å²) >= 11 is 0. The fourth-order valence-electron chi connectivity index (χ4n) is 3.69. The Kier molecular flexibility index (Phi) is 4.27. The predicted molar refractivity (Wildman–Crippen MR) is 84.2 cm³/mol. The van der Waals surface area contributed by atoms with Gasteiger partial charge in [-0.2, -0.15) is 0 Å². The molecular weight excluding hydrogens is 262 g/mol. The third-order valence-corrected chi connectivity index (χ3v) is 4.75. The molecule has 1 aromatic rings. The van der Waals surface area contributed by atoms with Gasteiger partial charge in [0.25, 0.3) is 0 Å². The van der Waals surface area contributed by atoms with Gasteiger partial charge in [-0.3, -0.25) is 9.69 Å². The minimum absolute atomic E-state index is 0.0371. The van der Waals surface area contributed by atoms with Crippen LogP contribution in [0.25, 0.3) is 0 Å². The Morgan fingerprint density at radius 3 is 2.95 bits per heavy atom. The summed E-state index contributed by atoms with van der Waals surface area (Å²) in [7, 11) is 3.70. The highest BCUT2D eigenvalue weighted by atomic mass is 16.2. The third-order valence-electron chi connectivity index (χ3n) is 4.75. The van der Waals surface area contributed by atoms with E-state index in [1.165, 1.54) is 24.0 Å². The lowest BCUT2D eigenvalue weighted by atomic mass is 9.85. The molecule has 0 aromatic heterocycles. The molecule has 2 atom stereocenters. The van der Waals surface area contributed by atoms with Gasteiger partial charge >= 0.3 is 0 Å². The van der Waals surface area contributed by atoms with E-state index in [1.54, 1.807) is 4.90 Å². The van der Waals surface area contributed by atoms with Crippen LogP contribution in [-0.2, 0) is 11.2 Å². The van der Waals surface area contributed by atoms with Crippen LogP contribution in [0.3, 0.4) is 0 Å². The van der Waals surface area contributed by atoms with E-state index in [0.29, 0.717) is 6.04 Å². The van der Waals surface area contributed by atoms with E-state index in [1.807, 2.05) is 14.1 Å². The van der Waals surface area contributed by atoms with Gasteiger partial charge in [0, 0.05) is 39.8 Å². The van der Waals surface area contributed by atoms with E-state index in [2.05, 4.69) is 34.5 Å². The van der Waals surface area contributed by atoms with E-state index in [4.69, 9.17) is 0 Å². The molecule has 1 saturated heterocycles. The number of likely N-dealkylation sites (N-methyl/N-ethyl adjacent to an activating group) is 1. The van der Waals surface area contributed by atoms with Crippen LogP contribution in [0.2, 0.25) is 0 Å². The van der Waals surface area contributed by atoms with Crippen molar-refractivity contribution in [3.63, 3.8) is 0 Å². The Morgan fingerprint density at radius 2 is 2.14 bits per heavy atom. The maximum atomic E-state index is 12.5. The third kappa shape index (κ3) is 2.83. The minimum Gasteiger partial charge on any atom is -0.347 e. The molecule has 1 heterocycles. The lowest BCUT2D eigenvalue weighted by Gasteiger charge is -2.43. The van der Waals surface area contributed by atoms with Gasteiger partial charge in [-0.1, -0.05) is 24.3 Å². The highest BCUT2D eigenvalue weighted by Gasteiger charge is 2.36. The van der Waals surface area contributed by atoms with Gasteiger partial charge in [-0.05, 0) is 30.4 Å². The highest BCUT2D eigenvalue weighted by Crippen LogP contribution is 2.35. The Balaban J connectivity index is 1.89. The Bertz CT molecular complexity index is 515. The summed E-state index contributed by atoms with van der Waals surface area (Å²) in [5, 5.41) is 3.37. The number of hydrogen-bond acceptors (Lipinski definition) is 3. The first-order valence-electron chi connectivity index (χ1n) is 7.94. The number of amides is 1. The van der Waals surface area contributed by atoms with Crippen molar-refractivity contribution < 1.29 is 4.79 Å². The maximum Gasteiger partial charge on any atom is 0.240 e. The van der Waals surface area contributed by atoms with Crippen LogP contribution in [0.1, 0.15) is 30.0 Å². The summed E-state index contributed by atoms with van der Waals surface area (Å²) < 4.78 is 0. The summed E-state index contributed by atoms with van der Waals surface area (Å²) in [5.41, 5.74) is 2.89. The molecule has 0 saturated carbocycles. The molecule has 4 nitrogen and oxygen atoms in total. The van der Waals surface area contributed by atoms with Crippen molar-refractivity contribution in [1.29, 1.82) is 0 Å². The van der Waals surface area contributed by atoms with Crippen LogP contribution in [-0.4, -0.2) is 55.5 Å². The van der Waals surface area contributed by atoms with E-state index < -0.39 is 0 Å².